The van der Waals surface area contributed by atoms with Gasteiger partial charge in [-0.2, -0.15) is 0 Å². The van der Waals surface area contributed by atoms with Crippen molar-refractivity contribution in [2.45, 2.75) is 32.9 Å². The lowest BCUT2D eigenvalue weighted by atomic mass is 10.1. The average Bonchev–Trinajstić information content (AvgIpc) is 3.03. The van der Waals surface area contributed by atoms with Crippen LogP contribution in [0, 0.1) is 12.7 Å². The molecule has 1 aromatic heterocycles. The predicted molar refractivity (Wildman–Crippen MR) is 87.1 cm³/mol. The SMILES string of the molecule is Cc1cc(=O)c(O)c(CN2CCCC2)n1Cc1ccc(F)cc1. The molecule has 1 fully saturated rings. The molecule has 1 aliphatic heterocycles. The van der Waals surface area contributed by atoms with E-state index in [9.17, 15) is 14.3 Å². The molecular weight excluding hydrogens is 295 g/mol. The summed E-state index contributed by atoms with van der Waals surface area (Å²) in [7, 11) is 0. The van der Waals surface area contributed by atoms with Gasteiger partial charge in [0, 0.05) is 24.8 Å². The van der Waals surface area contributed by atoms with E-state index in [1.54, 1.807) is 12.1 Å². The van der Waals surface area contributed by atoms with Crippen LogP contribution in [0.3, 0.4) is 0 Å². The van der Waals surface area contributed by atoms with Crippen molar-refractivity contribution in [3.8, 4) is 5.75 Å². The van der Waals surface area contributed by atoms with Gasteiger partial charge in [-0.25, -0.2) is 4.39 Å². The minimum absolute atomic E-state index is 0.176. The maximum absolute atomic E-state index is 13.1. The van der Waals surface area contributed by atoms with Crippen molar-refractivity contribution >= 4 is 0 Å². The third-order valence-corrected chi connectivity index (χ3v) is 4.42. The fourth-order valence-corrected chi connectivity index (χ4v) is 3.12. The molecule has 4 nitrogen and oxygen atoms in total. The van der Waals surface area contributed by atoms with E-state index in [2.05, 4.69) is 4.90 Å². The van der Waals surface area contributed by atoms with E-state index in [-0.39, 0.29) is 17.0 Å². The Bertz CT molecular complexity index is 747. The molecule has 0 bridgehead atoms. The average molecular weight is 316 g/mol. The van der Waals surface area contributed by atoms with Crippen LogP contribution in [-0.4, -0.2) is 27.7 Å². The molecule has 0 radical (unpaired) electrons. The lowest BCUT2D eigenvalue weighted by molar-refractivity contribution is 0.310. The Kier molecular flexibility index (Phi) is 4.48. The van der Waals surface area contributed by atoms with Gasteiger partial charge in [-0.3, -0.25) is 9.69 Å². The Morgan fingerprint density at radius 1 is 1.13 bits per heavy atom. The number of rotatable bonds is 4. The first-order chi connectivity index (χ1) is 11.0. The van der Waals surface area contributed by atoms with Gasteiger partial charge in [-0.05, 0) is 50.6 Å². The Labute approximate surface area is 134 Å². The van der Waals surface area contributed by atoms with Gasteiger partial charge in [0.05, 0.1) is 5.69 Å². The first kappa shape index (κ1) is 15.7. The second-order valence-electron chi connectivity index (χ2n) is 6.14. The van der Waals surface area contributed by atoms with Gasteiger partial charge in [-0.1, -0.05) is 12.1 Å². The van der Waals surface area contributed by atoms with Crippen LogP contribution in [0.25, 0.3) is 0 Å². The molecule has 1 N–H and O–H groups in total. The third kappa shape index (κ3) is 3.45. The molecule has 1 aromatic carbocycles. The molecule has 2 heterocycles. The summed E-state index contributed by atoms with van der Waals surface area (Å²) < 4.78 is 15.0. The molecule has 2 aromatic rings. The van der Waals surface area contributed by atoms with Crippen LogP contribution in [0.1, 0.15) is 29.8 Å². The number of pyridine rings is 1. The number of halogens is 1. The fourth-order valence-electron chi connectivity index (χ4n) is 3.12. The summed E-state index contributed by atoms with van der Waals surface area (Å²) in [5, 5.41) is 10.3. The fraction of sp³-hybridized carbons (Fsp3) is 0.389. The van der Waals surface area contributed by atoms with Gasteiger partial charge in [0.25, 0.3) is 0 Å². The zero-order chi connectivity index (χ0) is 16.4. The first-order valence-electron chi connectivity index (χ1n) is 7.93. The number of hydrogen-bond donors (Lipinski definition) is 1. The summed E-state index contributed by atoms with van der Waals surface area (Å²) in [6, 6.07) is 7.75. The highest BCUT2D eigenvalue weighted by molar-refractivity contribution is 5.31. The number of aryl methyl sites for hydroxylation is 1. The Morgan fingerprint density at radius 3 is 2.43 bits per heavy atom. The molecule has 122 valence electrons. The van der Waals surface area contributed by atoms with Gasteiger partial charge in [-0.15, -0.1) is 0 Å². The van der Waals surface area contributed by atoms with Crippen LogP contribution >= 0.6 is 0 Å². The zero-order valence-corrected chi connectivity index (χ0v) is 13.3. The number of aromatic hydroxyl groups is 1. The second-order valence-corrected chi connectivity index (χ2v) is 6.14. The number of hydrogen-bond acceptors (Lipinski definition) is 3. The van der Waals surface area contributed by atoms with Crippen molar-refractivity contribution in [3.05, 3.63) is 63.3 Å². The molecule has 5 heteroatoms. The quantitative estimate of drug-likeness (QED) is 0.943. The Morgan fingerprint density at radius 2 is 1.78 bits per heavy atom. The molecular formula is C18H21FN2O2. The minimum Gasteiger partial charge on any atom is -0.503 e. The van der Waals surface area contributed by atoms with Gasteiger partial charge >= 0.3 is 0 Å². The number of nitrogens with zero attached hydrogens (tertiary/aromatic N) is 2. The van der Waals surface area contributed by atoms with Crippen molar-refractivity contribution < 1.29 is 9.50 Å². The molecule has 0 atom stereocenters. The normalized spacial score (nSPS) is 15.2. The van der Waals surface area contributed by atoms with E-state index in [0.717, 1.165) is 37.2 Å². The first-order valence-corrected chi connectivity index (χ1v) is 7.93. The molecule has 23 heavy (non-hydrogen) atoms. The molecule has 0 amide bonds. The van der Waals surface area contributed by atoms with E-state index in [0.29, 0.717) is 18.8 Å². The highest BCUT2D eigenvalue weighted by atomic mass is 19.1. The van der Waals surface area contributed by atoms with Crippen LogP contribution in [0.4, 0.5) is 4.39 Å². The van der Waals surface area contributed by atoms with Crippen molar-refractivity contribution in [2.75, 3.05) is 13.1 Å². The van der Waals surface area contributed by atoms with Crippen molar-refractivity contribution in [3.63, 3.8) is 0 Å². The summed E-state index contributed by atoms with van der Waals surface area (Å²) in [5.74, 6) is -0.449. The third-order valence-electron chi connectivity index (χ3n) is 4.42. The van der Waals surface area contributed by atoms with Gasteiger partial charge < -0.3 is 9.67 Å². The highest BCUT2D eigenvalue weighted by Gasteiger charge is 2.19. The predicted octanol–water partition coefficient (Wildman–Crippen LogP) is 2.65. The maximum atomic E-state index is 13.1. The van der Waals surface area contributed by atoms with Crippen molar-refractivity contribution in [1.29, 1.82) is 0 Å². The standard InChI is InChI=1S/C18H21FN2O2/c1-13-10-17(22)18(23)16(12-20-8-2-3-9-20)21(13)11-14-4-6-15(19)7-5-14/h4-7,10,23H,2-3,8-9,11-12H2,1H3. The molecule has 1 saturated heterocycles. The summed E-state index contributed by atoms with van der Waals surface area (Å²) in [4.78, 5) is 14.2. The summed E-state index contributed by atoms with van der Waals surface area (Å²) in [6.07, 6.45) is 2.30. The van der Waals surface area contributed by atoms with Crippen molar-refractivity contribution in [1.82, 2.24) is 9.47 Å². The van der Waals surface area contributed by atoms with Crippen LogP contribution in [0.5, 0.6) is 5.75 Å². The molecule has 0 saturated carbocycles. The van der Waals surface area contributed by atoms with E-state index < -0.39 is 0 Å². The lowest BCUT2D eigenvalue weighted by Crippen LogP contribution is -2.25. The minimum atomic E-state index is -0.341. The van der Waals surface area contributed by atoms with Crippen molar-refractivity contribution in [2.24, 2.45) is 0 Å². The largest absolute Gasteiger partial charge is 0.503 e. The molecule has 1 aliphatic rings. The monoisotopic (exact) mass is 316 g/mol. The maximum Gasteiger partial charge on any atom is 0.223 e. The molecule has 0 aliphatic carbocycles. The lowest BCUT2D eigenvalue weighted by Gasteiger charge is -2.22. The molecule has 3 rings (SSSR count). The van der Waals surface area contributed by atoms with E-state index in [1.807, 2.05) is 11.5 Å². The van der Waals surface area contributed by atoms with Crippen LogP contribution in [0.2, 0.25) is 0 Å². The Hall–Kier alpha value is -2.14. The summed E-state index contributed by atoms with van der Waals surface area (Å²) in [5.41, 5.74) is 2.03. The highest BCUT2D eigenvalue weighted by Crippen LogP contribution is 2.21. The Balaban J connectivity index is 1.97. The van der Waals surface area contributed by atoms with Gasteiger partial charge in [0.1, 0.15) is 5.82 Å². The molecule has 0 spiro atoms. The second kappa shape index (κ2) is 6.54. The van der Waals surface area contributed by atoms with E-state index >= 15 is 0 Å². The van der Waals surface area contributed by atoms with Gasteiger partial charge in [0.2, 0.25) is 5.43 Å². The summed E-state index contributed by atoms with van der Waals surface area (Å²) >= 11 is 0. The number of benzene rings is 1. The molecule has 0 unspecified atom stereocenters. The zero-order valence-electron chi connectivity index (χ0n) is 13.3. The van der Waals surface area contributed by atoms with Crippen LogP contribution in [-0.2, 0) is 13.1 Å². The van der Waals surface area contributed by atoms with E-state index in [4.69, 9.17) is 0 Å². The summed E-state index contributed by atoms with van der Waals surface area (Å²) in [6.45, 7) is 4.89. The smallest absolute Gasteiger partial charge is 0.223 e. The van der Waals surface area contributed by atoms with Gasteiger partial charge in [0.15, 0.2) is 5.75 Å². The van der Waals surface area contributed by atoms with E-state index in [1.165, 1.54) is 18.2 Å². The van der Waals surface area contributed by atoms with Crippen LogP contribution in [0.15, 0.2) is 35.1 Å². The number of aromatic nitrogens is 1. The topological polar surface area (TPSA) is 45.5 Å². The van der Waals surface area contributed by atoms with Crippen LogP contribution < -0.4 is 5.43 Å². The number of likely N-dealkylation sites (tertiary alicyclic amines) is 1.